The largest absolute Gasteiger partial charge is 0.505 e. The lowest BCUT2D eigenvalue weighted by molar-refractivity contribution is -0.150. The molecule has 1 aromatic heterocycles. The molecule has 3 aromatic carbocycles. The van der Waals surface area contributed by atoms with Crippen molar-refractivity contribution in [3.8, 4) is 11.4 Å². The van der Waals surface area contributed by atoms with Gasteiger partial charge in [0.1, 0.15) is 41.8 Å². The molecule has 0 aliphatic carbocycles. The van der Waals surface area contributed by atoms with Gasteiger partial charge in [0.05, 0.1) is 0 Å². The summed E-state index contributed by atoms with van der Waals surface area (Å²) < 4.78 is 10.0. The van der Waals surface area contributed by atoms with E-state index in [1.165, 1.54) is 11.7 Å². The summed E-state index contributed by atoms with van der Waals surface area (Å²) in [5, 5.41) is 30.5. The molecular formula is C32H35N3O6S. The number of aromatic nitrogens is 3. The van der Waals surface area contributed by atoms with Crippen LogP contribution in [-0.4, -0.2) is 56.5 Å². The van der Waals surface area contributed by atoms with E-state index in [2.05, 4.69) is 16.8 Å². The number of ether oxygens (including phenoxy) is 2. The van der Waals surface area contributed by atoms with Crippen molar-refractivity contribution in [3.05, 3.63) is 83.9 Å². The highest BCUT2D eigenvalue weighted by molar-refractivity contribution is 7.99. The number of phenols is 1. The van der Waals surface area contributed by atoms with Crippen LogP contribution in [0.4, 0.5) is 0 Å². The lowest BCUT2D eigenvalue weighted by Crippen LogP contribution is -2.25. The average Bonchev–Trinajstić information content (AvgIpc) is 3.37. The van der Waals surface area contributed by atoms with Crippen molar-refractivity contribution in [2.45, 2.75) is 61.8 Å². The molecule has 4 rings (SSSR count). The Kier molecular flexibility index (Phi) is 9.70. The molecule has 0 spiro atoms. The fourth-order valence-electron chi connectivity index (χ4n) is 4.09. The van der Waals surface area contributed by atoms with Crippen LogP contribution in [0.5, 0.6) is 5.75 Å². The molecule has 1 unspecified atom stereocenters. The van der Waals surface area contributed by atoms with E-state index in [0.717, 1.165) is 15.4 Å². The molecule has 220 valence electrons. The zero-order chi connectivity index (χ0) is 30.4. The van der Waals surface area contributed by atoms with E-state index in [-0.39, 0.29) is 31.0 Å². The molecule has 4 aromatic rings. The van der Waals surface area contributed by atoms with Gasteiger partial charge < -0.3 is 19.7 Å². The van der Waals surface area contributed by atoms with Gasteiger partial charge in [0.15, 0.2) is 0 Å². The standard InChI is InChI=1S/C32H35N3O6S/c1-20(2)31(39)41-19-22(36)18-40-29(37)14-11-21-15-25(32(3,4)5)30(38)28(16-21)35-33-26-13-12-24(17-27(26)34-35)42-23-9-7-6-8-10-23/h6-10,12-13,15-17,22,36,38H,1,11,14,18-19H2,2-5H3. The molecule has 1 heterocycles. The van der Waals surface area contributed by atoms with Gasteiger partial charge in [-0.1, -0.05) is 63.4 Å². The van der Waals surface area contributed by atoms with Crippen LogP contribution in [0.1, 0.15) is 45.2 Å². The third-order valence-electron chi connectivity index (χ3n) is 6.31. The Bertz CT molecular complexity index is 1590. The van der Waals surface area contributed by atoms with E-state index in [0.29, 0.717) is 28.7 Å². The Morgan fingerprint density at radius 2 is 1.67 bits per heavy atom. The quantitative estimate of drug-likeness (QED) is 0.172. The number of carbonyl (C=O) groups excluding carboxylic acids is 2. The molecule has 0 aliphatic rings. The number of benzene rings is 3. The number of hydrogen-bond donors (Lipinski definition) is 2. The molecule has 0 radical (unpaired) electrons. The van der Waals surface area contributed by atoms with Crippen LogP contribution < -0.4 is 0 Å². The SMILES string of the molecule is C=C(C)C(=O)OCC(O)COC(=O)CCc1cc(-n2nc3ccc(Sc4ccccc4)cc3n2)c(O)c(C(C)(C)C)c1. The predicted octanol–water partition coefficient (Wildman–Crippen LogP) is 5.53. The van der Waals surface area contributed by atoms with Gasteiger partial charge in [0, 0.05) is 27.3 Å². The Hall–Kier alpha value is -4.15. The maximum Gasteiger partial charge on any atom is 0.333 e. The van der Waals surface area contributed by atoms with Gasteiger partial charge in [0.2, 0.25) is 0 Å². The summed E-state index contributed by atoms with van der Waals surface area (Å²) in [6, 6.07) is 19.5. The third-order valence-corrected chi connectivity index (χ3v) is 7.31. The van der Waals surface area contributed by atoms with E-state index in [4.69, 9.17) is 9.47 Å². The number of nitrogens with zero attached hydrogens (tertiary/aromatic N) is 3. The Labute approximate surface area is 249 Å². The molecule has 9 nitrogen and oxygen atoms in total. The first-order chi connectivity index (χ1) is 19.9. The number of carbonyl (C=O) groups is 2. The molecule has 10 heteroatoms. The molecule has 0 bridgehead atoms. The van der Waals surface area contributed by atoms with Gasteiger partial charge in [-0.25, -0.2) is 4.79 Å². The fraction of sp³-hybridized carbons (Fsp3) is 0.312. The summed E-state index contributed by atoms with van der Waals surface area (Å²) in [4.78, 5) is 27.4. The number of fused-ring (bicyclic) bond motifs is 1. The summed E-state index contributed by atoms with van der Waals surface area (Å²) in [5.74, 6) is -1.07. The van der Waals surface area contributed by atoms with E-state index < -0.39 is 23.5 Å². The highest BCUT2D eigenvalue weighted by Crippen LogP contribution is 2.37. The smallest absolute Gasteiger partial charge is 0.333 e. The third kappa shape index (κ3) is 7.98. The monoisotopic (exact) mass is 589 g/mol. The van der Waals surface area contributed by atoms with Gasteiger partial charge in [-0.3, -0.25) is 4.79 Å². The maximum atomic E-state index is 12.4. The Balaban J connectivity index is 1.50. The lowest BCUT2D eigenvalue weighted by Gasteiger charge is -2.23. The number of esters is 2. The number of aliphatic hydroxyl groups is 1. The van der Waals surface area contributed by atoms with E-state index in [9.17, 15) is 19.8 Å². The van der Waals surface area contributed by atoms with Crippen LogP contribution >= 0.6 is 11.8 Å². The minimum Gasteiger partial charge on any atom is -0.505 e. The zero-order valence-corrected chi connectivity index (χ0v) is 25.0. The summed E-state index contributed by atoms with van der Waals surface area (Å²) >= 11 is 1.63. The fourth-order valence-corrected chi connectivity index (χ4v) is 4.96. The summed E-state index contributed by atoms with van der Waals surface area (Å²) in [7, 11) is 0. The number of hydrogen-bond acceptors (Lipinski definition) is 9. The van der Waals surface area contributed by atoms with Crippen molar-refractivity contribution in [1.82, 2.24) is 15.0 Å². The summed E-state index contributed by atoms with van der Waals surface area (Å²) in [5.41, 5.74) is 3.09. The van der Waals surface area contributed by atoms with Crippen molar-refractivity contribution >= 4 is 34.7 Å². The van der Waals surface area contributed by atoms with Gasteiger partial charge in [-0.2, -0.15) is 0 Å². The first-order valence-corrected chi connectivity index (χ1v) is 14.4. The van der Waals surface area contributed by atoms with Crippen LogP contribution in [0.25, 0.3) is 16.7 Å². The molecule has 0 saturated heterocycles. The van der Waals surface area contributed by atoms with E-state index in [1.54, 1.807) is 17.8 Å². The van der Waals surface area contributed by atoms with E-state index >= 15 is 0 Å². The molecule has 1 atom stereocenters. The topological polar surface area (TPSA) is 124 Å². The normalized spacial score (nSPS) is 12.2. The number of aryl methyl sites for hydroxylation is 1. The van der Waals surface area contributed by atoms with Crippen molar-refractivity contribution in [2.75, 3.05) is 13.2 Å². The van der Waals surface area contributed by atoms with Crippen LogP contribution in [0, 0.1) is 0 Å². The van der Waals surface area contributed by atoms with Crippen molar-refractivity contribution in [3.63, 3.8) is 0 Å². The maximum absolute atomic E-state index is 12.4. The van der Waals surface area contributed by atoms with Crippen LogP contribution in [-0.2, 0) is 30.9 Å². The van der Waals surface area contributed by atoms with Gasteiger partial charge in [-0.05, 0) is 60.7 Å². The molecule has 0 aliphatic heterocycles. The predicted molar refractivity (Wildman–Crippen MR) is 161 cm³/mol. The lowest BCUT2D eigenvalue weighted by atomic mass is 9.84. The van der Waals surface area contributed by atoms with Gasteiger partial charge in [0.25, 0.3) is 0 Å². The first-order valence-electron chi connectivity index (χ1n) is 13.5. The van der Waals surface area contributed by atoms with Gasteiger partial charge >= 0.3 is 11.9 Å². The van der Waals surface area contributed by atoms with Crippen molar-refractivity contribution in [2.24, 2.45) is 0 Å². The second-order valence-corrected chi connectivity index (χ2v) is 12.2. The second kappa shape index (κ2) is 13.2. The highest BCUT2D eigenvalue weighted by atomic mass is 32.2. The van der Waals surface area contributed by atoms with Crippen molar-refractivity contribution < 1.29 is 29.3 Å². The second-order valence-electron chi connectivity index (χ2n) is 11.0. The number of aromatic hydroxyl groups is 1. The zero-order valence-electron chi connectivity index (χ0n) is 24.2. The van der Waals surface area contributed by atoms with Crippen LogP contribution in [0.3, 0.4) is 0 Å². The van der Waals surface area contributed by atoms with Crippen molar-refractivity contribution in [1.29, 1.82) is 0 Å². The number of rotatable bonds is 11. The number of phenolic OH excluding ortho intramolecular Hbond substituents is 1. The minimum absolute atomic E-state index is 0.0423. The Morgan fingerprint density at radius 1 is 0.976 bits per heavy atom. The Morgan fingerprint density at radius 3 is 2.36 bits per heavy atom. The number of aliphatic hydroxyl groups excluding tert-OH is 1. The molecular weight excluding hydrogens is 554 g/mol. The van der Waals surface area contributed by atoms with Crippen LogP contribution in [0.15, 0.2) is 82.6 Å². The molecule has 42 heavy (non-hydrogen) atoms. The molecule has 0 fully saturated rings. The van der Waals surface area contributed by atoms with Crippen LogP contribution in [0.2, 0.25) is 0 Å². The first kappa shape index (κ1) is 30.8. The average molecular weight is 590 g/mol. The van der Waals surface area contributed by atoms with E-state index in [1.807, 2.05) is 75.4 Å². The molecule has 2 N–H and O–H groups in total. The summed E-state index contributed by atoms with van der Waals surface area (Å²) in [6.45, 7) is 10.4. The van der Waals surface area contributed by atoms with Gasteiger partial charge in [-0.15, -0.1) is 15.0 Å². The highest BCUT2D eigenvalue weighted by Gasteiger charge is 2.24. The minimum atomic E-state index is -1.14. The summed E-state index contributed by atoms with van der Waals surface area (Å²) in [6.07, 6.45) is -0.772. The molecule has 0 amide bonds. The molecule has 0 saturated carbocycles.